The molecule has 0 amide bonds. The molecule has 0 saturated heterocycles. The van der Waals surface area contributed by atoms with E-state index in [4.69, 9.17) is 4.74 Å². The molecule has 0 aliphatic rings. The topological polar surface area (TPSA) is 47.0 Å². The highest BCUT2D eigenvalue weighted by molar-refractivity contribution is 5.30. The standard InChI is InChI=1S/C10H15N3O/c1-4-5-6-11-10-12-8(2)7-9(13-10)14-3/h4,7H,1,5-6H2,2-3H3,(H,11,12,13). The molecule has 0 bridgehead atoms. The number of aryl methyl sites for hydroxylation is 1. The van der Waals surface area contributed by atoms with Crippen molar-refractivity contribution in [3.63, 3.8) is 0 Å². The summed E-state index contributed by atoms with van der Waals surface area (Å²) in [5.74, 6) is 1.18. The Labute approximate surface area is 84.0 Å². The second kappa shape index (κ2) is 5.21. The predicted octanol–water partition coefficient (Wildman–Crippen LogP) is 1.78. The van der Waals surface area contributed by atoms with Crippen molar-refractivity contribution in [3.05, 3.63) is 24.4 Å². The van der Waals surface area contributed by atoms with Gasteiger partial charge < -0.3 is 10.1 Å². The van der Waals surface area contributed by atoms with E-state index in [0.29, 0.717) is 11.8 Å². The van der Waals surface area contributed by atoms with E-state index in [-0.39, 0.29) is 0 Å². The van der Waals surface area contributed by atoms with E-state index in [2.05, 4.69) is 21.9 Å². The van der Waals surface area contributed by atoms with Crippen molar-refractivity contribution in [1.82, 2.24) is 9.97 Å². The number of hydrogen-bond donors (Lipinski definition) is 1. The van der Waals surface area contributed by atoms with Crippen LogP contribution in [0.15, 0.2) is 18.7 Å². The Hall–Kier alpha value is -1.58. The average Bonchev–Trinajstić information content (AvgIpc) is 2.17. The highest BCUT2D eigenvalue weighted by Crippen LogP contribution is 2.10. The van der Waals surface area contributed by atoms with Crippen LogP contribution in [0.2, 0.25) is 0 Å². The summed E-state index contributed by atoms with van der Waals surface area (Å²) < 4.78 is 5.03. The van der Waals surface area contributed by atoms with E-state index in [1.165, 1.54) is 0 Å². The molecule has 0 aromatic carbocycles. The van der Waals surface area contributed by atoms with Crippen LogP contribution in [0.25, 0.3) is 0 Å². The Balaban J connectivity index is 2.66. The largest absolute Gasteiger partial charge is 0.481 e. The van der Waals surface area contributed by atoms with Crippen LogP contribution < -0.4 is 10.1 Å². The van der Waals surface area contributed by atoms with Crippen LogP contribution in [0.5, 0.6) is 5.88 Å². The minimum absolute atomic E-state index is 0.582. The zero-order valence-electron chi connectivity index (χ0n) is 8.58. The summed E-state index contributed by atoms with van der Waals surface area (Å²) in [7, 11) is 1.59. The van der Waals surface area contributed by atoms with Crippen LogP contribution in [0, 0.1) is 6.92 Å². The second-order valence-electron chi connectivity index (χ2n) is 2.88. The molecule has 0 aliphatic carbocycles. The van der Waals surface area contributed by atoms with E-state index < -0.39 is 0 Å². The summed E-state index contributed by atoms with van der Waals surface area (Å²) in [6, 6.07) is 1.79. The van der Waals surface area contributed by atoms with Gasteiger partial charge in [0.25, 0.3) is 0 Å². The molecule has 0 aliphatic heterocycles. The SMILES string of the molecule is C=CCCNc1nc(C)cc(OC)n1. The minimum atomic E-state index is 0.582. The van der Waals surface area contributed by atoms with Crippen molar-refractivity contribution < 1.29 is 4.74 Å². The average molecular weight is 193 g/mol. The molecule has 0 fully saturated rings. The highest BCUT2D eigenvalue weighted by atomic mass is 16.5. The smallest absolute Gasteiger partial charge is 0.226 e. The quantitative estimate of drug-likeness (QED) is 0.572. The molecule has 0 spiro atoms. The fourth-order valence-corrected chi connectivity index (χ4v) is 1.01. The van der Waals surface area contributed by atoms with Gasteiger partial charge in [0.05, 0.1) is 7.11 Å². The summed E-state index contributed by atoms with van der Waals surface area (Å²) in [4.78, 5) is 8.36. The van der Waals surface area contributed by atoms with E-state index in [9.17, 15) is 0 Å². The molecule has 1 aromatic rings. The Morgan fingerprint density at radius 3 is 3.00 bits per heavy atom. The summed E-state index contributed by atoms with van der Waals surface area (Å²) in [5.41, 5.74) is 0.887. The summed E-state index contributed by atoms with van der Waals surface area (Å²) in [6.45, 7) is 6.33. The monoisotopic (exact) mass is 193 g/mol. The first kappa shape index (κ1) is 10.5. The van der Waals surface area contributed by atoms with Crippen molar-refractivity contribution in [2.24, 2.45) is 0 Å². The Bertz CT molecular complexity index is 312. The number of hydrogen-bond acceptors (Lipinski definition) is 4. The predicted molar refractivity (Wildman–Crippen MR) is 56.6 cm³/mol. The number of anilines is 1. The van der Waals surface area contributed by atoms with Gasteiger partial charge in [-0.25, -0.2) is 4.98 Å². The molecular weight excluding hydrogens is 178 g/mol. The highest BCUT2D eigenvalue weighted by Gasteiger charge is 2.00. The van der Waals surface area contributed by atoms with Gasteiger partial charge in [-0.1, -0.05) is 6.08 Å². The van der Waals surface area contributed by atoms with Gasteiger partial charge in [-0.15, -0.1) is 6.58 Å². The van der Waals surface area contributed by atoms with Gasteiger partial charge in [0.1, 0.15) is 0 Å². The van der Waals surface area contributed by atoms with Gasteiger partial charge in [0.2, 0.25) is 11.8 Å². The van der Waals surface area contributed by atoms with Crippen LogP contribution in [0.4, 0.5) is 5.95 Å². The third-order valence-electron chi connectivity index (χ3n) is 1.67. The Morgan fingerprint density at radius 2 is 2.36 bits per heavy atom. The number of ether oxygens (including phenoxy) is 1. The maximum atomic E-state index is 5.03. The molecule has 1 aromatic heterocycles. The fourth-order valence-electron chi connectivity index (χ4n) is 1.01. The number of rotatable bonds is 5. The van der Waals surface area contributed by atoms with Crippen molar-refractivity contribution >= 4 is 5.95 Å². The summed E-state index contributed by atoms with van der Waals surface area (Å²) in [6.07, 6.45) is 2.74. The lowest BCUT2D eigenvalue weighted by Gasteiger charge is -2.05. The number of methoxy groups -OCH3 is 1. The molecule has 1 heterocycles. The van der Waals surface area contributed by atoms with Crippen molar-refractivity contribution in [2.45, 2.75) is 13.3 Å². The maximum Gasteiger partial charge on any atom is 0.226 e. The lowest BCUT2D eigenvalue weighted by molar-refractivity contribution is 0.397. The van der Waals surface area contributed by atoms with Crippen LogP contribution >= 0.6 is 0 Å². The van der Waals surface area contributed by atoms with Gasteiger partial charge in [-0.3, -0.25) is 0 Å². The lowest BCUT2D eigenvalue weighted by atomic mass is 10.4. The summed E-state index contributed by atoms with van der Waals surface area (Å²) >= 11 is 0. The molecule has 1 N–H and O–H groups in total. The normalized spacial score (nSPS) is 9.57. The molecule has 14 heavy (non-hydrogen) atoms. The fraction of sp³-hybridized carbons (Fsp3) is 0.400. The van der Waals surface area contributed by atoms with E-state index in [1.54, 1.807) is 13.2 Å². The van der Waals surface area contributed by atoms with E-state index >= 15 is 0 Å². The Morgan fingerprint density at radius 1 is 1.57 bits per heavy atom. The van der Waals surface area contributed by atoms with Crippen molar-refractivity contribution in [1.29, 1.82) is 0 Å². The molecule has 1 rings (SSSR count). The Kier molecular flexibility index (Phi) is 3.91. The van der Waals surface area contributed by atoms with Gasteiger partial charge in [-0.2, -0.15) is 4.98 Å². The maximum absolute atomic E-state index is 5.03. The third kappa shape index (κ3) is 3.05. The number of nitrogens with zero attached hydrogens (tertiary/aromatic N) is 2. The molecular formula is C10H15N3O. The molecule has 0 saturated carbocycles. The van der Waals surface area contributed by atoms with Gasteiger partial charge in [0.15, 0.2) is 0 Å². The minimum Gasteiger partial charge on any atom is -0.481 e. The number of nitrogens with one attached hydrogen (secondary N) is 1. The first-order valence-electron chi connectivity index (χ1n) is 4.50. The second-order valence-corrected chi connectivity index (χ2v) is 2.88. The van der Waals surface area contributed by atoms with Crippen LogP contribution in [0.3, 0.4) is 0 Å². The van der Waals surface area contributed by atoms with Gasteiger partial charge in [-0.05, 0) is 13.3 Å². The van der Waals surface area contributed by atoms with Crippen molar-refractivity contribution in [2.75, 3.05) is 19.0 Å². The first-order valence-corrected chi connectivity index (χ1v) is 4.50. The zero-order chi connectivity index (χ0) is 10.4. The molecule has 76 valence electrons. The summed E-state index contributed by atoms with van der Waals surface area (Å²) in [5, 5.41) is 3.09. The molecule has 4 nitrogen and oxygen atoms in total. The van der Waals surface area contributed by atoms with E-state index in [0.717, 1.165) is 18.7 Å². The molecule has 0 unspecified atom stereocenters. The zero-order valence-corrected chi connectivity index (χ0v) is 8.58. The van der Waals surface area contributed by atoms with Gasteiger partial charge >= 0.3 is 0 Å². The lowest BCUT2D eigenvalue weighted by Crippen LogP contribution is -2.06. The van der Waals surface area contributed by atoms with Crippen molar-refractivity contribution in [3.8, 4) is 5.88 Å². The molecule has 0 radical (unpaired) electrons. The van der Waals surface area contributed by atoms with Crippen LogP contribution in [-0.2, 0) is 0 Å². The van der Waals surface area contributed by atoms with Crippen LogP contribution in [0.1, 0.15) is 12.1 Å². The van der Waals surface area contributed by atoms with Gasteiger partial charge in [0, 0.05) is 18.3 Å². The van der Waals surface area contributed by atoms with Crippen LogP contribution in [-0.4, -0.2) is 23.6 Å². The molecule has 4 heteroatoms. The third-order valence-corrected chi connectivity index (χ3v) is 1.67. The van der Waals surface area contributed by atoms with E-state index in [1.807, 2.05) is 13.0 Å². The molecule has 0 atom stereocenters. The first-order chi connectivity index (χ1) is 6.76. The number of aromatic nitrogens is 2.